The van der Waals surface area contributed by atoms with Crippen LogP contribution in [0.1, 0.15) is 11.7 Å². The standard InChI is InChI=1S/C21H20O10/c22-7-12-15(26)16(27)18(29)21(30-12)13-11(24)6-5-10-14(25)17(28)19(31-20(10)13)8-1-3-9(23)4-2-8/h1-6,12,15-16,18,21-24,26-29H,7H2/t12-,15-,16+,18-,21+/m1/s1. The van der Waals surface area contributed by atoms with Crippen LogP contribution in [-0.2, 0) is 4.74 Å². The van der Waals surface area contributed by atoms with E-state index in [9.17, 15) is 40.5 Å². The van der Waals surface area contributed by atoms with Crippen LogP contribution in [0.3, 0.4) is 0 Å². The third-order valence-corrected chi connectivity index (χ3v) is 5.36. The second kappa shape index (κ2) is 7.84. The number of aromatic hydroxyl groups is 3. The van der Waals surface area contributed by atoms with Crippen LogP contribution in [-0.4, -0.2) is 66.8 Å². The Labute approximate surface area is 174 Å². The van der Waals surface area contributed by atoms with Crippen LogP contribution in [0.4, 0.5) is 0 Å². The van der Waals surface area contributed by atoms with E-state index < -0.39 is 54.1 Å². The van der Waals surface area contributed by atoms with Crippen LogP contribution in [0.25, 0.3) is 22.3 Å². The highest BCUT2D eigenvalue weighted by atomic mass is 16.5. The summed E-state index contributed by atoms with van der Waals surface area (Å²) in [5.74, 6) is -1.45. The van der Waals surface area contributed by atoms with Gasteiger partial charge in [0.15, 0.2) is 5.76 Å². The number of aliphatic hydroxyl groups excluding tert-OH is 4. The Hall–Kier alpha value is -3.15. The second-order valence-corrected chi connectivity index (χ2v) is 7.28. The van der Waals surface area contributed by atoms with Crippen molar-refractivity contribution in [2.75, 3.05) is 6.61 Å². The van der Waals surface area contributed by atoms with Crippen LogP contribution >= 0.6 is 0 Å². The summed E-state index contributed by atoms with van der Waals surface area (Å²) in [6.07, 6.45) is -7.79. The van der Waals surface area contributed by atoms with Crippen LogP contribution in [0, 0.1) is 0 Å². The van der Waals surface area contributed by atoms with Gasteiger partial charge < -0.3 is 44.9 Å². The van der Waals surface area contributed by atoms with Gasteiger partial charge in [-0.05, 0) is 36.4 Å². The summed E-state index contributed by atoms with van der Waals surface area (Å²) in [7, 11) is 0. The van der Waals surface area contributed by atoms with E-state index >= 15 is 0 Å². The van der Waals surface area contributed by atoms with Crippen molar-refractivity contribution in [3.8, 4) is 28.6 Å². The molecule has 0 unspecified atom stereocenters. The molecule has 0 aliphatic carbocycles. The molecule has 164 valence electrons. The zero-order valence-electron chi connectivity index (χ0n) is 15.9. The molecule has 1 fully saturated rings. The molecule has 0 saturated carbocycles. The van der Waals surface area contributed by atoms with Gasteiger partial charge >= 0.3 is 0 Å². The summed E-state index contributed by atoms with van der Waals surface area (Å²) < 4.78 is 11.3. The molecule has 1 aliphatic rings. The van der Waals surface area contributed by atoms with Crippen molar-refractivity contribution < 1.29 is 44.9 Å². The van der Waals surface area contributed by atoms with Gasteiger partial charge in [-0.15, -0.1) is 0 Å². The molecule has 0 bridgehead atoms. The zero-order chi connectivity index (χ0) is 22.4. The van der Waals surface area contributed by atoms with E-state index in [-0.39, 0.29) is 33.6 Å². The van der Waals surface area contributed by atoms with Crippen molar-refractivity contribution in [3.63, 3.8) is 0 Å². The van der Waals surface area contributed by atoms with Crippen LogP contribution in [0.15, 0.2) is 45.6 Å². The zero-order valence-corrected chi connectivity index (χ0v) is 15.9. The van der Waals surface area contributed by atoms with Crippen molar-refractivity contribution in [1.82, 2.24) is 0 Å². The van der Waals surface area contributed by atoms with Crippen molar-refractivity contribution in [2.24, 2.45) is 0 Å². The van der Waals surface area contributed by atoms with Crippen molar-refractivity contribution in [2.45, 2.75) is 30.5 Å². The Kier molecular flexibility index (Phi) is 5.33. The first-order valence-corrected chi connectivity index (χ1v) is 9.36. The van der Waals surface area contributed by atoms with Gasteiger partial charge in [0.05, 0.1) is 17.6 Å². The van der Waals surface area contributed by atoms with Crippen molar-refractivity contribution in [1.29, 1.82) is 0 Å². The highest BCUT2D eigenvalue weighted by molar-refractivity contribution is 5.86. The Morgan fingerprint density at radius 1 is 0.871 bits per heavy atom. The van der Waals surface area contributed by atoms with Crippen LogP contribution < -0.4 is 5.43 Å². The van der Waals surface area contributed by atoms with Gasteiger partial charge in [0.25, 0.3) is 0 Å². The summed E-state index contributed by atoms with van der Waals surface area (Å²) in [5, 5.41) is 70.3. The van der Waals surface area contributed by atoms with E-state index in [4.69, 9.17) is 9.15 Å². The average Bonchev–Trinajstić information content (AvgIpc) is 2.76. The highest BCUT2D eigenvalue weighted by Gasteiger charge is 2.45. The number of ether oxygens (including phenoxy) is 1. The minimum Gasteiger partial charge on any atom is -0.508 e. The van der Waals surface area contributed by atoms with Gasteiger partial charge in [-0.2, -0.15) is 0 Å². The Balaban J connectivity index is 1.96. The third-order valence-electron chi connectivity index (χ3n) is 5.36. The summed E-state index contributed by atoms with van der Waals surface area (Å²) in [5.41, 5.74) is -1.01. The number of hydrogen-bond acceptors (Lipinski definition) is 10. The number of fused-ring (bicyclic) bond motifs is 1. The number of aliphatic hydroxyl groups is 4. The minimum atomic E-state index is -1.73. The molecule has 4 rings (SSSR count). The fourth-order valence-corrected chi connectivity index (χ4v) is 3.68. The number of phenolic OH excluding ortho intramolecular Hbond substituents is 2. The average molecular weight is 432 g/mol. The summed E-state index contributed by atoms with van der Waals surface area (Å²) >= 11 is 0. The van der Waals surface area contributed by atoms with Gasteiger partial charge in [-0.3, -0.25) is 4.79 Å². The van der Waals surface area contributed by atoms with E-state index in [0.717, 1.165) is 6.07 Å². The molecule has 31 heavy (non-hydrogen) atoms. The Morgan fingerprint density at radius 2 is 1.55 bits per heavy atom. The first-order chi connectivity index (χ1) is 14.7. The van der Waals surface area contributed by atoms with Gasteiger partial charge in [-0.25, -0.2) is 0 Å². The number of phenols is 2. The minimum absolute atomic E-state index is 0.0500. The van der Waals surface area contributed by atoms with E-state index in [0.29, 0.717) is 0 Å². The van der Waals surface area contributed by atoms with Gasteiger partial charge in [-0.1, -0.05) is 0 Å². The fraction of sp³-hybridized carbons (Fsp3) is 0.286. The van der Waals surface area contributed by atoms with E-state index in [1.807, 2.05) is 0 Å². The number of hydrogen-bond donors (Lipinski definition) is 7. The number of benzene rings is 2. The number of rotatable bonds is 3. The lowest BCUT2D eigenvalue weighted by Gasteiger charge is -2.40. The maximum atomic E-state index is 12.8. The molecule has 0 amide bonds. The predicted molar refractivity (Wildman–Crippen MR) is 106 cm³/mol. The lowest BCUT2D eigenvalue weighted by Crippen LogP contribution is -2.55. The SMILES string of the molecule is O=c1c(O)c(-c2ccc(O)cc2)oc2c([C@@H]3O[C@H](CO)[C@@H](O)[C@H](O)[C@H]3O)c(O)ccc12. The van der Waals surface area contributed by atoms with E-state index in [1.54, 1.807) is 0 Å². The van der Waals surface area contributed by atoms with Gasteiger partial charge in [0, 0.05) is 5.56 Å². The lowest BCUT2D eigenvalue weighted by atomic mass is 9.90. The van der Waals surface area contributed by atoms with E-state index in [1.165, 1.54) is 30.3 Å². The topological polar surface area (TPSA) is 181 Å². The molecule has 1 aliphatic heterocycles. The Bertz CT molecular complexity index is 1170. The molecule has 2 heterocycles. The van der Waals surface area contributed by atoms with E-state index in [2.05, 4.69) is 0 Å². The molecule has 10 nitrogen and oxygen atoms in total. The fourth-order valence-electron chi connectivity index (χ4n) is 3.68. The molecule has 0 spiro atoms. The molecule has 1 aromatic heterocycles. The maximum Gasteiger partial charge on any atom is 0.235 e. The quantitative estimate of drug-likeness (QED) is 0.300. The second-order valence-electron chi connectivity index (χ2n) is 7.28. The molecule has 10 heteroatoms. The molecule has 3 aromatic rings. The molecule has 1 saturated heterocycles. The molecule has 2 aromatic carbocycles. The van der Waals surface area contributed by atoms with Gasteiger partial charge in [0.2, 0.25) is 11.2 Å². The normalized spacial score (nSPS) is 26.3. The highest BCUT2D eigenvalue weighted by Crippen LogP contribution is 2.42. The van der Waals surface area contributed by atoms with Crippen LogP contribution in [0.2, 0.25) is 0 Å². The van der Waals surface area contributed by atoms with Gasteiger partial charge in [0.1, 0.15) is 47.6 Å². The third kappa shape index (κ3) is 3.40. The van der Waals surface area contributed by atoms with Crippen LogP contribution in [0.5, 0.6) is 17.2 Å². The monoisotopic (exact) mass is 432 g/mol. The summed E-state index contributed by atoms with van der Waals surface area (Å²) in [6.45, 7) is -0.684. The lowest BCUT2D eigenvalue weighted by molar-refractivity contribution is -0.231. The molecular weight excluding hydrogens is 412 g/mol. The Morgan fingerprint density at radius 3 is 2.19 bits per heavy atom. The summed E-state index contributed by atoms with van der Waals surface area (Å²) in [4.78, 5) is 12.8. The molecular formula is C21H20O10. The predicted octanol–water partition coefficient (Wildman–Crippen LogP) is 0.0917. The molecule has 7 N–H and O–H groups in total. The largest absolute Gasteiger partial charge is 0.508 e. The van der Waals surface area contributed by atoms with Crippen molar-refractivity contribution >= 4 is 11.0 Å². The molecule has 5 atom stereocenters. The first kappa shape index (κ1) is 21.1. The first-order valence-electron chi connectivity index (χ1n) is 9.36. The smallest absolute Gasteiger partial charge is 0.235 e. The summed E-state index contributed by atoms with van der Waals surface area (Å²) in [6, 6.07) is 7.78. The molecule has 0 radical (unpaired) electrons. The maximum absolute atomic E-state index is 12.8. The van der Waals surface area contributed by atoms with Crippen molar-refractivity contribution in [3.05, 3.63) is 52.2 Å².